The number of rotatable bonds is 5. The maximum atomic E-state index is 12.5. The molecule has 0 aliphatic heterocycles. The Labute approximate surface area is 152 Å². The van der Waals surface area contributed by atoms with Crippen LogP contribution in [0.2, 0.25) is 0 Å². The monoisotopic (exact) mass is 367 g/mol. The molecule has 0 aliphatic rings. The number of carboxylic acid groups (broad SMARTS) is 1. The molecule has 9 nitrogen and oxygen atoms in total. The van der Waals surface area contributed by atoms with Gasteiger partial charge in [-0.05, 0) is 36.8 Å². The van der Waals surface area contributed by atoms with Crippen molar-refractivity contribution in [1.29, 1.82) is 0 Å². The third-order valence-corrected chi connectivity index (χ3v) is 4.09. The maximum Gasteiger partial charge on any atom is 0.278 e. The minimum atomic E-state index is -1.53. The highest BCUT2D eigenvalue weighted by Crippen LogP contribution is 2.17. The molecule has 0 aliphatic carbocycles. The molecule has 0 saturated carbocycles. The number of carboxylic acids is 1. The molecular formula is C18H15N4O5-. The number of aromatic nitrogens is 3. The van der Waals surface area contributed by atoms with Gasteiger partial charge in [-0.25, -0.2) is 0 Å². The minimum absolute atomic E-state index is 0.0477. The lowest BCUT2D eigenvalue weighted by molar-refractivity contribution is -0.308. The highest BCUT2D eigenvalue weighted by molar-refractivity contribution is 5.86. The van der Waals surface area contributed by atoms with Gasteiger partial charge in [0, 0.05) is 0 Å². The molecule has 0 saturated heterocycles. The second-order valence-corrected chi connectivity index (χ2v) is 5.88. The summed E-state index contributed by atoms with van der Waals surface area (Å²) < 4.78 is 0.890. The predicted octanol–water partition coefficient (Wildman–Crippen LogP) is -0.335. The van der Waals surface area contributed by atoms with Gasteiger partial charge in [0.1, 0.15) is 17.3 Å². The highest BCUT2D eigenvalue weighted by Gasteiger charge is 2.23. The summed E-state index contributed by atoms with van der Waals surface area (Å²) in [5.74, 6) is -2.32. The Morgan fingerprint density at radius 2 is 1.81 bits per heavy atom. The van der Waals surface area contributed by atoms with Gasteiger partial charge in [0.2, 0.25) is 5.91 Å². The van der Waals surface area contributed by atoms with Gasteiger partial charge in [-0.1, -0.05) is 29.5 Å². The number of carbonyl (C=O) groups is 2. The second kappa shape index (κ2) is 7.24. The number of nitrogens with zero attached hydrogens (tertiary/aromatic N) is 3. The van der Waals surface area contributed by atoms with Crippen molar-refractivity contribution in [3.8, 4) is 5.75 Å². The van der Waals surface area contributed by atoms with E-state index in [-0.39, 0.29) is 11.3 Å². The van der Waals surface area contributed by atoms with Crippen LogP contribution >= 0.6 is 0 Å². The van der Waals surface area contributed by atoms with Crippen LogP contribution in [0.25, 0.3) is 10.9 Å². The summed E-state index contributed by atoms with van der Waals surface area (Å²) in [6, 6.07) is 9.28. The van der Waals surface area contributed by atoms with Gasteiger partial charge in [0.15, 0.2) is 0 Å². The van der Waals surface area contributed by atoms with Crippen LogP contribution in [0.5, 0.6) is 5.75 Å². The molecule has 0 bridgehead atoms. The van der Waals surface area contributed by atoms with Gasteiger partial charge in [-0.15, -0.1) is 5.10 Å². The van der Waals surface area contributed by atoms with Crippen LogP contribution in [-0.4, -0.2) is 32.0 Å². The summed E-state index contributed by atoms with van der Waals surface area (Å²) in [4.78, 5) is 36.5. The molecule has 2 aromatic carbocycles. The molecular weight excluding hydrogens is 352 g/mol. The number of carbonyl (C=O) groups excluding carboxylic acids is 2. The fraction of sp³-hybridized carbons (Fsp3) is 0.167. The van der Waals surface area contributed by atoms with E-state index in [9.17, 15) is 24.6 Å². The van der Waals surface area contributed by atoms with Crippen LogP contribution in [0, 0.1) is 0 Å². The number of phenolic OH excluding ortho intramolecular Hbond substituents is 1. The summed E-state index contributed by atoms with van der Waals surface area (Å²) >= 11 is 0. The zero-order valence-electron chi connectivity index (χ0n) is 14.2. The molecule has 27 heavy (non-hydrogen) atoms. The van der Waals surface area contributed by atoms with Crippen LogP contribution in [0.1, 0.15) is 24.6 Å². The van der Waals surface area contributed by atoms with Gasteiger partial charge < -0.3 is 20.3 Å². The summed E-state index contributed by atoms with van der Waals surface area (Å²) in [6.07, 6.45) is 0. The smallest absolute Gasteiger partial charge is 0.278 e. The number of amides is 1. The number of hydrogen-bond donors (Lipinski definition) is 2. The molecule has 0 unspecified atom stereocenters. The summed E-state index contributed by atoms with van der Waals surface area (Å²) in [5.41, 5.74) is 0.0891. The largest absolute Gasteiger partial charge is 0.548 e. The van der Waals surface area contributed by atoms with E-state index < -0.39 is 29.5 Å². The highest BCUT2D eigenvalue weighted by atomic mass is 16.4. The topological polar surface area (TPSA) is 137 Å². The molecule has 138 valence electrons. The Kier molecular flexibility index (Phi) is 4.84. The third kappa shape index (κ3) is 3.61. The van der Waals surface area contributed by atoms with Crippen molar-refractivity contribution >= 4 is 22.8 Å². The molecule has 2 N–H and O–H groups in total. The number of fused-ring (bicyclic) bond motifs is 1. The van der Waals surface area contributed by atoms with E-state index in [1.165, 1.54) is 31.2 Å². The number of aliphatic carboxylic acids is 1. The fourth-order valence-corrected chi connectivity index (χ4v) is 2.57. The number of aromatic hydroxyl groups is 1. The van der Waals surface area contributed by atoms with Gasteiger partial charge in [0.25, 0.3) is 5.56 Å². The van der Waals surface area contributed by atoms with E-state index in [4.69, 9.17) is 0 Å². The van der Waals surface area contributed by atoms with Crippen LogP contribution in [0.4, 0.5) is 0 Å². The first kappa shape index (κ1) is 18.1. The van der Waals surface area contributed by atoms with Gasteiger partial charge >= 0.3 is 0 Å². The number of nitrogens with one attached hydrogen (secondary N) is 1. The fourth-order valence-electron chi connectivity index (χ4n) is 2.57. The van der Waals surface area contributed by atoms with Crippen LogP contribution < -0.4 is 16.0 Å². The number of hydrogen-bond acceptors (Lipinski definition) is 7. The third-order valence-electron chi connectivity index (χ3n) is 4.09. The number of benzene rings is 2. The van der Waals surface area contributed by atoms with Crippen LogP contribution in [0.3, 0.4) is 0 Å². The molecule has 0 radical (unpaired) electrons. The maximum absolute atomic E-state index is 12.5. The van der Waals surface area contributed by atoms with E-state index in [0.29, 0.717) is 10.9 Å². The van der Waals surface area contributed by atoms with Crippen LogP contribution in [0.15, 0.2) is 53.3 Å². The molecule has 0 spiro atoms. The Hall–Kier alpha value is -3.75. The quantitative estimate of drug-likeness (QED) is 0.629. The van der Waals surface area contributed by atoms with Gasteiger partial charge in [-0.3, -0.25) is 9.59 Å². The van der Waals surface area contributed by atoms with E-state index in [1.807, 2.05) is 0 Å². The van der Waals surface area contributed by atoms with Gasteiger partial charge in [0.05, 0.1) is 17.4 Å². The van der Waals surface area contributed by atoms with Crippen molar-refractivity contribution in [3.05, 3.63) is 64.4 Å². The molecule has 1 aromatic heterocycles. The van der Waals surface area contributed by atoms with Crippen molar-refractivity contribution in [2.75, 3.05) is 0 Å². The standard InChI is InChI=1S/C18H16N4O5/c1-10(22-17(25)13-4-2-3-5-14(13)20-21-22)16(24)19-15(18(26)27)11-6-8-12(23)9-7-11/h2-10,15,23H,1H3,(H,19,24)(H,26,27)/p-1/t10-,15-/m1/s1. The zero-order chi connectivity index (χ0) is 19.6. The van der Waals surface area contributed by atoms with Crippen LogP contribution in [-0.2, 0) is 9.59 Å². The van der Waals surface area contributed by atoms with Crippen molar-refractivity contribution in [1.82, 2.24) is 20.3 Å². The average Bonchev–Trinajstić information content (AvgIpc) is 2.66. The molecule has 1 amide bonds. The SMILES string of the molecule is C[C@H](C(=O)N[C@@H](C(=O)[O-])c1ccc(O)cc1)n1nnc2ccccc2c1=O. The Morgan fingerprint density at radius 3 is 2.48 bits per heavy atom. The Balaban J connectivity index is 1.88. The summed E-state index contributed by atoms with van der Waals surface area (Å²) in [7, 11) is 0. The van der Waals surface area contributed by atoms with Crippen molar-refractivity contribution in [2.45, 2.75) is 19.0 Å². The van der Waals surface area contributed by atoms with E-state index >= 15 is 0 Å². The predicted molar refractivity (Wildman–Crippen MR) is 92.5 cm³/mol. The number of phenols is 1. The zero-order valence-corrected chi connectivity index (χ0v) is 14.2. The minimum Gasteiger partial charge on any atom is -0.548 e. The second-order valence-electron chi connectivity index (χ2n) is 5.88. The molecule has 0 fully saturated rings. The first-order valence-electron chi connectivity index (χ1n) is 8.03. The average molecular weight is 367 g/mol. The molecule has 9 heteroatoms. The van der Waals surface area contributed by atoms with Crippen molar-refractivity contribution in [2.24, 2.45) is 0 Å². The molecule has 1 heterocycles. The lowest BCUT2D eigenvalue weighted by Gasteiger charge is -2.22. The Morgan fingerprint density at radius 1 is 1.15 bits per heavy atom. The summed E-state index contributed by atoms with van der Waals surface area (Å²) in [5, 5.41) is 31.0. The van der Waals surface area contributed by atoms with E-state index in [2.05, 4.69) is 15.6 Å². The van der Waals surface area contributed by atoms with Gasteiger partial charge in [-0.2, -0.15) is 4.68 Å². The van der Waals surface area contributed by atoms with E-state index in [1.54, 1.807) is 24.3 Å². The lowest BCUT2D eigenvalue weighted by Crippen LogP contribution is -2.45. The first-order chi connectivity index (χ1) is 12.9. The van der Waals surface area contributed by atoms with E-state index in [0.717, 1.165) is 4.68 Å². The molecule has 2 atom stereocenters. The first-order valence-corrected chi connectivity index (χ1v) is 8.03. The Bertz CT molecular complexity index is 1060. The summed E-state index contributed by atoms with van der Waals surface area (Å²) in [6.45, 7) is 1.41. The lowest BCUT2D eigenvalue weighted by atomic mass is 10.1. The normalized spacial score (nSPS) is 13.1. The molecule has 3 rings (SSSR count). The van der Waals surface area contributed by atoms with Crippen molar-refractivity contribution < 1.29 is 19.8 Å². The molecule has 3 aromatic rings. The van der Waals surface area contributed by atoms with Crippen molar-refractivity contribution in [3.63, 3.8) is 0 Å².